The van der Waals surface area contributed by atoms with E-state index in [1.807, 2.05) is 32.0 Å². The van der Waals surface area contributed by atoms with Gasteiger partial charge in [-0.05, 0) is 73.7 Å². The fourth-order valence-electron chi connectivity index (χ4n) is 4.85. The average Bonchev–Trinajstić information content (AvgIpc) is 3.50. The number of nitrogens with one attached hydrogen (secondary N) is 2. The van der Waals surface area contributed by atoms with Crippen molar-refractivity contribution in [3.8, 4) is 28.1 Å². The van der Waals surface area contributed by atoms with Crippen LogP contribution in [0.3, 0.4) is 0 Å². The number of carbonyl (C=O) groups is 1. The third-order valence-electron chi connectivity index (χ3n) is 6.81. The summed E-state index contributed by atoms with van der Waals surface area (Å²) in [4.78, 5) is 26.2. The number of rotatable bonds is 5. The van der Waals surface area contributed by atoms with Gasteiger partial charge in [-0.1, -0.05) is 49.2 Å². The SMILES string of the molecule is Cc1ccc(C)c(-n2[nH]c(-c3ccccc3F)c(-c3ccc(NC(=O)C4CCCC4)cc3)c2=O)c1. The van der Waals surface area contributed by atoms with Crippen LogP contribution in [0.1, 0.15) is 36.8 Å². The average molecular weight is 470 g/mol. The summed E-state index contributed by atoms with van der Waals surface area (Å²) in [6.45, 7) is 3.90. The molecule has 35 heavy (non-hydrogen) atoms. The first kappa shape index (κ1) is 22.8. The number of amides is 1. The third kappa shape index (κ3) is 4.44. The molecule has 1 aliphatic rings. The lowest BCUT2D eigenvalue weighted by Gasteiger charge is -2.11. The van der Waals surface area contributed by atoms with Crippen molar-refractivity contribution in [3.05, 3.63) is 94.0 Å². The summed E-state index contributed by atoms with van der Waals surface area (Å²) < 4.78 is 16.3. The number of aromatic amines is 1. The Morgan fingerprint density at radius 1 is 1.00 bits per heavy atom. The van der Waals surface area contributed by atoms with E-state index in [0.717, 1.165) is 42.5 Å². The van der Waals surface area contributed by atoms with Crippen LogP contribution in [-0.4, -0.2) is 15.7 Å². The minimum absolute atomic E-state index is 0.0428. The van der Waals surface area contributed by atoms with Gasteiger partial charge in [0, 0.05) is 17.2 Å². The van der Waals surface area contributed by atoms with Gasteiger partial charge >= 0.3 is 0 Å². The van der Waals surface area contributed by atoms with Crippen LogP contribution in [0, 0.1) is 25.6 Å². The van der Waals surface area contributed by atoms with Crippen LogP contribution in [0.4, 0.5) is 10.1 Å². The maximum Gasteiger partial charge on any atom is 0.279 e. The maximum absolute atomic E-state index is 14.8. The highest BCUT2D eigenvalue weighted by molar-refractivity contribution is 5.93. The lowest BCUT2D eigenvalue weighted by Crippen LogP contribution is -2.20. The molecule has 1 fully saturated rings. The van der Waals surface area contributed by atoms with Crippen LogP contribution in [0.2, 0.25) is 0 Å². The topological polar surface area (TPSA) is 66.9 Å². The van der Waals surface area contributed by atoms with Gasteiger partial charge in [0.2, 0.25) is 5.91 Å². The first-order valence-corrected chi connectivity index (χ1v) is 12.0. The van der Waals surface area contributed by atoms with Crippen molar-refractivity contribution in [2.45, 2.75) is 39.5 Å². The number of nitrogens with zero attached hydrogens (tertiary/aromatic N) is 1. The number of benzene rings is 3. The molecule has 0 saturated heterocycles. The third-order valence-corrected chi connectivity index (χ3v) is 6.81. The number of halogens is 1. The van der Waals surface area contributed by atoms with E-state index in [0.29, 0.717) is 28.1 Å². The number of H-pyrrole nitrogens is 1. The molecule has 1 aliphatic carbocycles. The summed E-state index contributed by atoms with van der Waals surface area (Å²) >= 11 is 0. The summed E-state index contributed by atoms with van der Waals surface area (Å²) in [5.41, 5.74) is 4.84. The quantitative estimate of drug-likeness (QED) is 0.356. The minimum Gasteiger partial charge on any atom is -0.326 e. The van der Waals surface area contributed by atoms with E-state index < -0.39 is 5.82 Å². The predicted molar refractivity (Wildman–Crippen MR) is 137 cm³/mol. The van der Waals surface area contributed by atoms with Gasteiger partial charge in [-0.2, -0.15) is 0 Å². The van der Waals surface area contributed by atoms with Crippen molar-refractivity contribution in [1.82, 2.24) is 9.78 Å². The Morgan fingerprint density at radius 3 is 2.43 bits per heavy atom. The predicted octanol–water partition coefficient (Wildman–Crippen LogP) is 6.38. The molecule has 1 heterocycles. The van der Waals surface area contributed by atoms with E-state index in [1.54, 1.807) is 42.5 Å². The molecule has 0 radical (unpaired) electrons. The molecule has 1 amide bonds. The molecule has 0 unspecified atom stereocenters. The van der Waals surface area contributed by atoms with Crippen LogP contribution in [-0.2, 0) is 4.79 Å². The number of anilines is 1. The van der Waals surface area contributed by atoms with E-state index >= 15 is 0 Å². The van der Waals surface area contributed by atoms with E-state index in [2.05, 4.69) is 10.4 Å². The number of hydrogen-bond acceptors (Lipinski definition) is 2. The van der Waals surface area contributed by atoms with Crippen LogP contribution in [0.25, 0.3) is 28.1 Å². The van der Waals surface area contributed by atoms with Gasteiger partial charge in [0.25, 0.3) is 5.56 Å². The van der Waals surface area contributed by atoms with Crippen molar-refractivity contribution in [1.29, 1.82) is 0 Å². The summed E-state index contributed by atoms with van der Waals surface area (Å²) in [6, 6.07) is 19.5. The van der Waals surface area contributed by atoms with Crippen LogP contribution in [0.15, 0.2) is 71.5 Å². The van der Waals surface area contributed by atoms with E-state index in [-0.39, 0.29) is 17.4 Å². The summed E-state index contributed by atoms with van der Waals surface area (Å²) in [5.74, 6) is -0.304. The van der Waals surface area contributed by atoms with Crippen molar-refractivity contribution in [2.24, 2.45) is 5.92 Å². The Morgan fingerprint density at radius 2 is 1.71 bits per heavy atom. The standard InChI is InChI=1S/C29H28FN3O2/c1-18-11-12-19(2)25(17-18)33-29(35)26(27(32-33)23-9-5-6-10-24(23)30)20-13-15-22(16-14-20)31-28(34)21-7-3-4-8-21/h5-6,9-17,21,32H,3-4,7-8H2,1-2H3,(H,31,34). The van der Waals surface area contributed by atoms with Crippen LogP contribution >= 0.6 is 0 Å². The molecule has 2 N–H and O–H groups in total. The Bertz CT molecular complexity index is 1440. The molecule has 4 aromatic rings. The van der Waals surface area contributed by atoms with Crippen molar-refractivity contribution in [2.75, 3.05) is 5.32 Å². The van der Waals surface area contributed by atoms with Crippen molar-refractivity contribution < 1.29 is 9.18 Å². The molecular weight excluding hydrogens is 441 g/mol. The molecule has 0 aliphatic heterocycles. The summed E-state index contributed by atoms with van der Waals surface area (Å²) in [5, 5.41) is 6.16. The Labute approximate surface area is 203 Å². The highest BCUT2D eigenvalue weighted by Crippen LogP contribution is 2.32. The number of aryl methyl sites for hydroxylation is 2. The molecule has 3 aromatic carbocycles. The fraction of sp³-hybridized carbons (Fsp3) is 0.241. The fourth-order valence-corrected chi connectivity index (χ4v) is 4.85. The van der Waals surface area contributed by atoms with Crippen LogP contribution in [0.5, 0.6) is 0 Å². The van der Waals surface area contributed by atoms with Gasteiger partial charge in [0.1, 0.15) is 5.82 Å². The first-order chi connectivity index (χ1) is 16.9. The Hall–Kier alpha value is -3.93. The molecule has 0 bridgehead atoms. The highest BCUT2D eigenvalue weighted by atomic mass is 19.1. The molecule has 1 saturated carbocycles. The molecule has 0 spiro atoms. The molecule has 178 valence electrons. The second-order valence-electron chi connectivity index (χ2n) is 9.32. The van der Waals surface area contributed by atoms with Gasteiger partial charge in [0.15, 0.2) is 0 Å². The normalized spacial score (nSPS) is 13.8. The zero-order chi connectivity index (χ0) is 24.5. The van der Waals surface area contributed by atoms with Crippen molar-refractivity contribution >= 4 is 11.6 Å². The maximum atomic E-state index is 14.8. The zero-order valence-electron chi connectivity index (χ0n) is 19.9. The Balaban J connectivity index is 1.59. The van der Waals surface area contributed by atoms with Crippen molar-refractivity contribution in [3.63, 3.8) is 0 Å². The Kier molecular flexibility index (Phi) is 6.12. The molecule has 1 aromatic heterocycles. The van der Waals surface area contributed by atoms with E-state index in [4.69, 9.17) is 0 Å². The highest BCUT2D eigenvalue weighted by Gasteiger charge is 2.24. The molecule has 0 atom stereocenters. The molecule has 5 nitrogen and oxygen atoms in total. The molecular formula is C29H28FN3O2. The van der Waals surface area contributed by atoms with Gasteiger partial charge in [-0.15, -0.1) is 0 Å². The first-order valence-electron chi connectivity index (χ1n) is 12.0. The smallest absolute Gasteiger partial charge is 0.279 e. The largest absolute Gasteiger partial charge is 0.326 e. The number of hydrogen-bond donors (Lipinski definition) is 2. The number of aromatic nitrogens is 2. The van der Waals surface area contributed by atoms with Gasteiger partial charge in [0.05, 0.1) is 16.9 Å². The minimum atomic E-state index is -0.413. The second-order valence-corrected chi connectivity index (χ2v) is 9.32. The lowest BCUT2D eigenvalue weighted by atomic mass is 10.0. The van der Waals surface area contributed by atoms with E-state index in [9.17, 15) is 14.0 Å². The lowest BCUT2D eigenvalue weighted by molar-refractivity contribution is -0.119. The van der Waals surface area contributed by atoms with E-state index in [1.165, 1.54) is 10.7 Å². The number of carbonyl (C=O) groups excluding carboxylic acids is 1. The van der Waals surface area contributed by atoms with Gasteiger partial charge in [-0.25, -0.2) is 9.07 Å². The molecule has 6 heteroatoms. The molecule has 5 rings (SSSR count). The van der Waals surface area contributed by atoms with Gasteiger partial charge in [-0.3, -0.25) is 14.7 Å². The summed E-state index contributed by atoms with van der Waals surface area (Å²) in [6.07, 6.45) is 4.04. The summed E-state index contributed by atoms with van der Waals surface area (Å²) in [7, 11) is 0. The zero-order valence-corrected chi connectivity index (χ0v) is 19.9. The monoisotopic (exact) mass is 469 g/mol. The van der Waals surface area contributed by atoms with Crippen LogP contribution < -0.4 is 10.9 Å². The second kappa shape index (κ2) is 9.37. The van der Waals surface area contributed by atoms with Gasteiger partial charge < -0.3 is 5.32 Å².